The molecule has 1 aromatic carbocycles. The van der Waals surface area contributed by atoms with Gasteiger partial charge in [0.2, 0.25) is 5.91 Å². The maximum Gasteiger partial charge on any atom is 0.353 e. The van der Waals surface area contributed by atoms with Crippen LogP contribution in [0.3, 0.4) is 0 Å². The first kappa shape index (κ1) is 26.9. The Morgan fingerprint density at radius 2 is 1.97 bits per heavy atom. The van der Waals surface area contributed by atoms with Crippen LogP contribution in [0.2, 0.25) is 0 Å². The Bertz CT molecular complexity index is 1190. The summed E-state index contributed by atoms with van der Waals surface area (Å²) in [5.74, 6) is -4.16. The van der Waals surface area contributed by atoms with Gasteiger partial charge in [-0.2, -0.15) is 8.42 Å². The van der Waals surface area contributed by atoms with E-state index in [0.29, 0.717) is 11.3 Å². The Morgan fingerprint density at radius 3 is 2.53 bits per heavy atom. The van der Waals surface area contributed by atoms with E-state index in [2.05, 4.69) is 4.72 Å². The third-order valence-corrected chi connectivity index (χ3v) is 9.10. The Balaban J connectivity index is 1.58. The molecule has 0 radical (unpaired) electrons. The van der Waals surface area contributed by atoms with Crippen LogP contribution in [0.15, 0.2) is 28.8 Å². The molecule has 0 aromatic heterocycles. The smallest absolute Gasteiger partial charge is 0.353 e. The van der Waals surface area contributed by atoms with Gasteiger partial charge in [0.15, 0.2) is 0 Å². The number of fused-ring (bicyclic) bond motifs is 1. The molecule has 198 valence electrons. The van der Waals surface area contributed by atoms with Gasteiger partial charge in [0.25, 0.3) is 10.2 Å². The van der Waals surface area contributed by atoms with Crippen LogP contribution in [0.4, 0.5) is 8.78 Å². The van der Waals surface area contributed by atoms with Crippen molar-refractivity contribution in [2.75, 3.05) is 13.1 Å². The van der Waals surface area contributed by atoms with Gasteiger partial charge in [0.05, 0.1) is 18.1 Å². The third-order valence-electron chi connectivity index (χ3n) is 7.04. The van der Waals surface area contributed by atoms with Crippen LogP contribution >= 0.6 is 11.8 Å². The Labute approximate surface area is 211 Å². The highest BCUT2D eigenvalue weighted by Crippen LogP contribution is 2.52. The number of aliphatic hydroxyl groups is 1. The number of β-lactam (4-membered cyclic amide) rings is 1. The van der Waals surface area contributed by atoms with E-state index in [1.54, 1.807) is 11.8 Å². The summed E-state index contributed by atoms with van der Waals surface area (Å²) in [5.41, 5.74) is -0.268. The van der Waals surface area contributed by atoms with Crippen molar-refractivity contribution >= 4 is 33.8 Å². The molecular weight excluding hydrogens is 518 g/mol. The van der Waals surface area contributed by atoms with Gasteiger partial charge in [-0.1, -0.05) is 13.0 Å². The zero-order chi connectivity index (χ0) is 26.5. The average Bonchev–Trinajstić information content (AvgIpc) is 3.25. The monoisotopic (exact) mass is 546 g/mol. The SMILES string of the molecule is C[C@@H](O)[C@H]1C(=O)N2C(C(=O)O)=C(S[C@H]3C[C@@H](CNS(N)(=O)=O)N(Cc4c(F)cccc4F)C3)[C@H](C)[C@H]12. The van der Waals surface area contributed by atoms with E-state index in [-0.39, 0.29) is 42.1 Å². The van der Waals surface area contributed by atoms with Gasteiger partial charge in [-0.3, -0.25) is 9.69 Å². The molecule has 14 heteroatoms. The first-order valence-corrected chi connectivity index (χ1v) is 13.8. The normalized spacial score (nSPS) is 29.4. The number of nitrogens with one attached hydrogen (secondary N) is 1. The molecule has 5 N–H and O–H groups in total. The summed E-state index contributed by atoms with van der Waals surface area (Å²) in [6.45, 7) is 3.38. The number of carboxylic acid groups (broad SMARTS) is 1. The lowest BCUT2D eigenvalue weighted by Crippen LogP contribution is -2.63. The van der Waals surface area contributed by atoms with E-state index in [1.165, 1.54) is 29.7 Å². The summed E-state index contributed by atoms with van der Waals surface area (Å²) in [6, 6.07) is 2.61. The van der Waals surface area contributed by atoms with E-state index in [0.717, 1.165) is 12.1 Å². The minimum absolute atomic E-state index is 0.0936. The fraction of sp³-hybridized carbons (Fsp3) is 0.545. The number of carbonyl (C=O) groups excluding carboxylic acids is 1. The van der Waals surface area contributed by atoms with E-state index in [9.17, 15) is 37.0 Å². The van der Waals surface area contributed by atoms with Gasteiger partial charge in [-0.15, -0.1) is 11.8 Å². The van der Waals surface area contributed by atoms with Crippen LogP contribution in [-0.2, 0) is 26.3 Å². The predicted octanol–water partition coefficient (Wildman–Crippen LogP) is 0.588. The highest BCUT2D eigenvalue weighted by molar-refractivity contribution is 8.03. The first-order chi connectivity index (χ1) is 16.8. The lowest BCUT2D eigenvalue weighted by atomic mass is 9.79. The van der Waals surface area contributed by atoms with Gasteiger partial charge in [0, 0.05) is 47.3 Å². The molecule has 3 aliphatic heterocycles. The number of amides is 1. The lowest BCUT2D eigenvalue weighted by Gasteiger charge is -2.46. The van der Waals surface area contributed by atoms with Crippen molar-refractivity contribution in [3.63, 3.8) is 0 Å². The second-order valence-electron chi connectivity index (χ2n) is 9.42. The molecule has 1 aromatic rings. The molecule has 3 aliphatic rings. The number of aliphatic hydroxyl groups excluding tert-OH is 1. The summed E-state index contributed by atoms with van der Waals surface area (Å²) < 4.78 is 53.8. The van der Waals surface area contributed by atoms with Crippen molar-refractivity contribution in [3.8, 4) is 0 Å². The second-order valence-corrected chi connectivity index (χ2v) is 12.1. The highest BCUT2D eigenvalue weighted by Gasteiger charge is 2.60. The molecule has 3 heterocycles. The second kappa shape index (κ2) is 9.99. The largest absolute Gasteiger partial charge is 0.477 e. The fourth-order valence-corrected chi connectivity index (χ4v) is 7.41. The zero-order valence-corrected chi connectivity index (χ0v) is 21.2. The summed E-state index contributed by atoms with van der Waals surface area (Å²) in [7, 11) is -4.01. The molecule has 4 rings (SSSR count). The number of carboxylic acids is 1. The molecule has 0 saturated carbocycles. The van der Waals surface area contributed by atoms with E-state index in [4.69, 9.17) is 5.14 Å². The molecule has 0 unspecified atom stereocenters. The molecular formula is C22H28F2N4O6S2. The minimum Gasteiger partial charge on any atom is -0.477 e. The van der Waals surface area contributed by atoms with Crippen molar-refractivity contribution in [1.82, 2.24) is 14.5 Å². The van der Waals surface area contributed by atoms with Crippen LogP contribution in [0.25, 0.3) is 0 Å². The van der Waals surface area contributed by atoms with Crippen LogP contribution in [0, 0.1) is 23.5 Å². The van der Waals surface area contributed by atoms with Crippen molar-refractivity contribution in [2.45, 2.75) is 50.3 Å². The van der Waals surface area contributed by atoms with Crippen LogP contribution in [0.1, 0.15) is 25.8 Å². The van der Waals surface area contributed by atoms with Gasteiger partial charge in [-0.05, 0) is 25.5 Å². The molecule has 6 atom stereocenters. The number of carbonyl (C=O) groups is 2. The van der Waals surface area contributed by atoms with Gasteiger partial charge in [0.1, 0.15) is 17.3 Å². The fourth-order valence-electron chi connectivity index (χ4n) is 5.39. The Morgan fingerprint density at radius 1 is 1.33 bits per heavy atom. The molecule has 2 saturated heterocycles. The topological polar surface area (TPSA) is 153 Å². The number of likely N-dealkylation sites (tertiary alicyclic amines) is 1. The number of aliphatic carboxylic acids is 1. The van der Waals surface area contributed by atoms with Crippen molar-refractivity contribution in [1.29, 1.82) is 0 Å². The molecule has 0 spiro atoms. The van der Waals surface area contributed by atoms with Crippen molar-refractivity contribution in [3.05, 3.63) is 46.0 Å². The highest BCUT2D eigenvalue weighted by atomic mass is 32.2. The number of rotatable bonds is 9. The number of nitrogens with zero attached hydrogens (tertiary/aromatic N) is 2. The maximum atomic E-state index is 14.3. The van der Waals surface area contributed by atoms with Gasteiger partial charge in [-0.25, -0.2) is 23.4 Å². The molecule has 0 bridgehead atoms. The summed E-state index contributed by atoms with van der Waals surface area (Å²) in [5, 5.41) is 24.7. The Hall–Kier alpha value is -2.10. The van der Waals surface area contributed by atoms with Crippen molar-refractivity contribution in [2.24, 2.45) is 17.0 Å². The van der Waals surface area contributed by atoms with Crippen LogP contribution in [0.5, 0.6) is 0 Å². The molecule has 10 nitrogen and oxygen atoms in total. The zero-order valence-electron chi connectivity index (χ0n) is 19.6. The van der Waals surface area contributed by atoms with E-state index in [1.807, 2.05) is 0 Å². The van der Waals surface area contributed by atoms with Crippen LogP contribution in [-0.4, -0.2) is 76.8 Å². The molecule has 2 fully saturated rings. The van der Waals surface area contributed by atoms with E-state index < -0.39 is 57.8 Å². The minimum atomic E-state index is -4.01. The summed E-state index contributed by atoms with van der Waals surface area (Å²) in [6.07, 6.45) is -0.544. The summed E-state index contributed by atoms with van der Waals surface area (Å²) in [4.78, 5) is 28.1. The standard InChI is InChI=1S/C22H28F2N4O6S2/c1-10-18-17(11(2)29)21(30)28(18)19(22(31)32)20(10)35-13-6-12(7-26-36(25,33)34)27(8-13)9-14-15(23)4-3-5-16(14)24/h3-5,10-13,17-18,26,29H,6-9H2,1-2H3,(H,31,32)(H2,25,33,34)/t10-,11-,12+,13+,17-,18-/m1/s1. The van der Waals surface area contributed by atoms with Crippen molar-refractivity contribution < 1.29 is 37.0 Å². The average molecular weight is 547 g/mol. The number of nitrogens with two attached hydrogens (primary N) is 1. The molecule has 36 heavy (non-hydrogen) atoms. The quantitative estimate of drug-likeness (QED) is 0.328. The molecule has 1 amide bonds. The lowest BCUT2D eigenvalue weighted by molar-refractivity contribution is -0.163. The number of halogens is 2. The van der Waals surface area contributed by atoms with Gasteiger partial charge < -0.3 is 15.1 Å². The summed E-state index contributed by atoms with van der Waals surface area (Å²) >= 11 is 1.27. The van der Waals surface area contributed by atoms with Gasteiger partial charge >= 0.3 is 5.97 Å². The molecule has 0 aliphatic carbocycles. The number of benzene rings is 1. The maximum absolute atomic E-state index is 14.3. The van der Waals surface area contributed by atoms with E-state index >= 15 is 0 Å². The Kier molecular flexibility index (Phi) is 7.48. The third kappa shape index (κ3) is 5.02. The predicted molar refractivity (Wildman–Crippen MR) is 127 cm³/mol. The number of hydrogen-bond donors (Lipinski definition) is 4. The number of hydrogen-bond acceptors (Lipinski definition) is 7. The first-order valence-electron chi connectivity index (χ1n) is 11.4. The number of thioether (sulfide) groups is 1. The van der Waals surface area contributed by atoms with Crippen LogP contribution < -0.4 is 9.86 Å².